The van der Waals surface area contributed by atoms with Crippen LogP contribution in [0.1, 0.15) is 20.8 Å². The van der Waals surface area contributed by atoms with E-state index in [-0.39, 0.29) is 12.5 Å². The van der Waals surface area contributed by atoms with Crippen LogP contribution in [0.15, 0.2) is 0 Å². The van der Waals surface area contributed by atoms with Gasteiger partial charge in [-0.15, -0.1) is 0 Å². The Balaban J connectivity index is 4.12. The number of carbonyl (C=O) groups is 3. The van der Waals surface area contributed by atoms with Gasteiger partial charge in [-0.3, -0.25) is 15.0 Å². The van der Waals surface area contributed by atoms with Crippen LogP contribution in [0.5, 0.6) is 0 Å². The SMILES string of the molecule is CCOC(=O)N(C)NC(=O)[C@H](C)NC(C)=O. The molecule has 0 bridgehead atoms. The van der Waals surface area contributed by atoms with Gasteiger partial charge in [0.1, 0.15) is 6.04 Å². The monoisotopic (exact) mass is 231 g/mol. The lowest BCUT2D eigenvalue weighted by molar-refractivity contribution is -0.130. The Labute approximate surface area is 94.1 Å². The molecular weight excluding hydrogens is 214 g/mol. The largest absolute Gasteiger partial charge is 0.449 e. The summed E-state index contributed by atoms with van der Waals surface area (Å²) in [5, 5.41) is 3.31. The maximum absolute atomic E-state index is 11.4. The summed E-state index contributed by atoms with van der Waals surface area (Å²) in [7, 11) is 1.36. The predicted octanol–water partition coefficient (Wildman–Crippen LogP) is -0.369. The van der Waals surface area contributed by atoms with E-state index in [0.29, 0.717) is 0 Å². The van der Waals surface area contributed by atoms with E-state index in [0.717, 1.165) is 5.01 Å². The zero-order valence-electron chi connectivity index (χ0n) is 9.86. The molecule has 0 aliphatic heterocycles. The molecule has 0 aromatic carbocycles. The second-order valence-corrected chi connectivity index (χ2v) is 3.16. The average Bonchev–Trinajstić information content (AvgIpc) is 2.16. The summed E-state index contributed by atoms with van der Waals surface area (Å²) in [4.78, 5) is 33.2. The van der Waals surface area contributed by atoms with Crippen molar-refractivity contribution < 1.29 is 19.1 Å². The van der Waals surface area contributed by atoms with Crippen molar-refractivity contribution >= 4 is 17.9 Å². The summed E-state index contributed by atoms with van der Waals surface area (Å²) in [6, 6.07) is -0.714. The van der Waals surface area contributed by atoms with E-state index in [4.69, 9.17) is 0 Å². The number of ether oxygens (including phenoxy) is 1. The van der Waals surface area contributed by atoms with Crippen LogP contribution in [0.25, 0.3) is 0 Å². The molecule has 0 aliphatic rings. The minimum Gasteiger partial charge on any atom is -0.449 e. The molecule has 0 rings (SSSR count). The molecule has 16 heavy (non-hydrogen) atoms. The van der Waals surface area contributed by atoms with E-state index in [9.17, 15) is 14.4 Å². The first kappa shape index (κ1) is 14.2. The van der Waals surface area contributed by atoms with Crippen molar-refractivity contribution in [2.45, 2.75) is 26.8 Å². The summed E-state index contributed by atoms with van der Waals surface area (Å²) < 4.78 is 4.65. The fourth-order valence-corrected chi connectivity index (χ4v) is 0.898. The van der Waals surface area contributed by atoms with Gasteiger partial charge in [-0.25, -0.2) is 9.80 Å². The molecule has 7 heteroatoms. The van der Waals surface area contributed by atoms with Crippen LogP contribution >= 0.6 is 0 Å². The lowest BCUT2D eigenvalue weighted by atomic mass is 10.3. The highest BCUT2D eigenvalue weighted by molar-refractivity contribution is 5.87. The Kier molecular flexibility index (Phi) is 5.91. The standard InChI is InChI=1S/C9H17N3O4/c1-5-16-9(15)12(4)11-8(14)6(2)10-7(3)13/h6H,5H2,1-4H3,(H,10,13)(H,11,14)/t6-/m0/s1. The highest BCUT2D eigenvalue weighted by Gasteiger charge is 2.18. The maximum atomic E-state index is 11.4. The van der Waals surface area contributed by atoms with Crippen molar-refractivity contribution in [2.24, 2.45) is 0 Å². The molecule has 92 valence electrons. The Hall–Kier alpha value is -1.79. The molecule has 2 N–H and O–H groups in total. The van der Waals surface area contributed by atoms with Gasteiger partial charge in [0.2, 0.25) is 5.91 Å². The van der Waals surface area contributed by atoms with Crippen LogP contribution in [0.4, 0.5) is 4.79 Å². The summed E-state index contributed by atoms with van der Waals surface area (Å²) >= 11 is 0. The van der Waals surface area contributed by atoms with Gasteiger partial charge in [0.15, 0.2) is 0 Å². The third-order valence-electron chi connectivity index (χ3n) is 1.63. The summed E-state index contributed by atoms with van der Waals surface area (Å²) in [5.41, 5.74) is 2.27. The molecule has 1 atom stereocenters. The minimum atomic E-state index is -0.714. The maximum Gasteiger partial charge on any atom is 0.428 e. The van der Waals surface area contributed by atoms with Gasteiger partial charge in [0.05, 0.1) is 6.61 Å². The van der Waals surface area contributed by atoms with E-state index in [1.165, 1.54) is 20.9 Å². The van der Waals surface area contributed by atoms with Crippen molar-refractivity contribution in [2.75, 3.05) is 13.7 Å². The van der Waals surface area contributed by atoms with Crippen LogP contribution < -0.4 is 10.7 Å². The quantitative estimate of drug-likeness (QED) is 0.649. The predicted molar refractivity (Wildman–Crippen MR) is 56.2 cm³/mol. The second kappa shape index (κ2) is 6.65. The number of hydrogen-bond acceptors (Lipinski definition) is 4. The van der Waals surface area contributed by atoms with Crippen molar-refractivity contribution in [3.63, 3.8) is 0 Å². The smallest absolute Gasteiger partial charge is 0.428 e. The van der Waals surface area contributed by atoms with Crippen LogP contribution in [0.3, 0.4) is 0 Å². The summed E-state index contributed by atoms with van der Waals surface area (Å²) in [5.74, 6) is -0.813. The van der Waals surface area contributed by atoms with Gasteiger partial charge < -0.3 is 10.1 Å². The number of hydrazine groups is 1. The van der Waals surface area contributed by atoms with E-state index in [1.54, 1.807) is 6.92 Å². The van der Waals surface area contributed by atoms with E-state index in [2.05, 4.69) is 15.5 Å². The molecular formula is C9H17N3O4. The molecule has 0 fully saturated rings. The molecule has 0 saturated heterocycles. The van der Waals surface area contributed by atoms with Crippen LogP contribution in [0, 0.1) is 0 Å². The number of nitrogens with zero attached hydrogens (tertiary/aromatic N) is 1. The molecule has 0 spiro atoms. The normalized spacial score (nSPS) is 11.2. The van der Waals surface area contributed by atoms with Gasteiger partial charge in [-0.05, 0) is 13.8 Å². The first-order valence-corrected chi connectivity index (χ1v) is 4.86. The molecule has 0 radical (unpaired) electrons. The van der Waals surface area contributed by atoms with Crippen LogP contribution in [-0.4, -0.2) is 42.6 Å². The Morgan fingerprint density at radius 1 is 1.38 bits per heavy atom. The summed E-state index contributed by atoms with van der Waals surface area (Å²) in [6.45, 7) is 4.70. The average molecular weight is 231 g/mol. The van der Waals surface area contributed by atoms with E-state index < -0.39 is 18.0 Å². The van der Waals surface area contributed by atoms with Crippen LogP contribution in [0.2, 0.25) is 0 Å². The topological polar surface area (TPSA) is 87.7 Å². The van der Waals surface area contributed by atoms with Crippen molar-refractivity contribution in [1.82, 2.24) is 15.8 Å². The first-order chi connectivity index (χ1) is 7.38. The molecule has 0 aromatic heterocycles. The fraction of sp³-hybridized carbons (Fsp3) is 0.667. The molecule has 0 aliphatic carbocycles. The number of nitrogens with one attached hydrogen (secondary N) is 2. The minimum absolute atomic E-state index is 0.223. The van der Waals surface area contributed by atoms with Gasteiger partial charge in [0, 0.05) is 14.0 Å². The lowest BCUT2D eigenvalue weighted by Gasteiger charge is -2.20. The van der Waals surface area contributed by atoms with E-state index in [1.807, 2.05) is 0 Å². The molecule has 0 unspecified atom stereocenters. The fourth-order valence-electron chi connectivity index (χ4n) is 0.898. The summed E-state index contributed by atoms with van der Waals surface area (Å²) in [6.07, 6.45) is -0.661. The number of hydrogen-bond donors (Lipinski definition) is 2. The van der Waals surface area contributed by atoms with Gasteiger partial charge in [-0.2, -0.15) is 0 Å². The van der Waals surface area contributed by atoms with Gasteiger partial charge in [0.25, 0.3) is 5.91 Å². The number of carbonyl (C=O) groups excluding carboxylic acids is 3. The van der Waals surface area contributed by atoms with Crippen molar-refractivity contribution in [1.29, 1.82) is 0 Å². The highest BCUT2D eigenvalue weighted by Crippen LogP contribution is 1.88. The molecule has 0 heterocycles. The molecule has 3 amide bonds. The highest BCUT2D eigenvalue weighted by atomic mass is 16.6. The van der Waals surface area contributed by atoms with Crippen LogP contribution in [-0.2, 0) is 14.3 Å². The Bertz CT molecular complexity index is 280. The molecule has 0 aromatic rings. The number of amides is 3. The molecule has 7 nitrogen and oxygen atoms in total. The third-order valence-corrected chi connectivity index (χ3v) is 1.63. The number of rotatable bonds is 3. The zero-order valence-corrected chi connectivity index (χ0v) is 9.86. The van der Waals surface area contributed by atoms with Gasteiger partial charge >= 0.3 is 6.09 Å². The van der Waals surface area contributed by atoms with Crippen molar-refractivity contribution in [3.05, 3.63) is 0 Å². The van der Waals surface area contributed by atoms with Crippen molar-refractivity contribution in [3.8, 4) is 0 Å². The third kappa shape index (κ3) is 5.18. The Morgan fingerprint density at radius 3 is 2.38 bits per heavy atom. The zero-order chi connectivity index (χ0) is 12.7. The Morgan fingerprint density at radius 2 is 1.94 bits per heavy atom. The molecule has 0 saturated carbocycles. The van der Waals surface area contributed by atoms with Gasteiger partial charge in [-0.1, -0.05) is 0 Å². The lowest BCUT2D eigenvalue weighted by Crippen LogP contribution is -2.51. The van der Waals surface area contributed by atoms with E-state index >= 15 is 0 Å². The first-order valence-electron chi connectivity index (χ1n) is 4.86. The second-order valence-electron chi connectivity index (χ2n) is 3.16.